The number of rotatable bonds is 8. The maximum absolute atomic E-state index is 12.8. The van der Waals surface area contributed by atoms with Crippen molar-refractivity contribution < 1.29 is 38.2 Å². The number of anilines is 2. The fraction of sp³-hybridized carbons (Fsp3) is 0.500. The van der Waals surface area contributed by atoms with Gasteiger partial charge in [-0.25, -0.2) is 34.5 Å². The first-order valence-electron chi connectivity index (χ1n) is 11.9. The van der Waals surface area contributed by atoms with Gasteiger partial charge >= 0.3 is 7.82 Å². The third-order valence-electron chi connectivity index (χ3n) is 6.63. The summed E-state index contributed by atoms with van der Waals surface area (Å²) in [5, 5.41) is 20.3. The fourth-order valence-corrected chi connectivity index (χ4v) is 5.67. The average molecular weight is 564 g/mol. The number of ether oxygens (including phenoxy) is 2. The van der Waals surface area contributed by atoms with Gasteiger partial charge in [0.15, 0.2) is 22.9 Å². The maximum atomic E-state index is 12.8. The zero-order valence-corrected chi connectivity index (χ0v) is 21.1. The minimum Gasteiger partial charge on any atom is -0.394 e. The number of nitrogens with zero attached hydrogens (tertiary/aromatic N) is 8. The smallest absolute Gasteiger partial charge is 0.394 e. The number of nitrogens with two attached hydrogens (primary N) is 2. The summed E-state index contributed by atoms with van der Waals surface area (Å²) in [5.74, 6) is 0.391. The number of nitrogen functional groups attached to an aromatic ring is 2. The van der Waals surface area contributed by atoms with Crippen LogP contribution < -0.4 is 11.5 Å². The summed E-state index contributed by atoms with van der Waals surface area (Å²) in [7, 11) is -4.66. The Bertz CT molecular complexity index is 1550. The first-order chi connectivity index (χ1) is 18.7. The summed E-state index contributed by atoms with van der Waals surface area (Å²) in [6.45, 7) is -0.928. The number of aliphatic hydroxyl groups excluding tert-OH is 2. The molecule has 19 heteroatoms. The van der Waals surface area contributed by atoms with E-state index < -0.39 is 57.9 Å². The number of fused-ring (bicyclic) bond motifs is 2. The lowest BCUT2D eigenvalue weighted by atomic mass is 10.2. The average Bonchev–Trinajstić information content (AvgIpc) is 3.68. The van der Waals surface area contributed by atoms with E-state index >= 15 is 0 Å². The largest absolute Gasteiger partial charge is 0.472 e. The van der Waals surface area contributed by atoms with E-state index in [1.165, 1.54) is 25.3 Å². The van der Waals surface area contributed by atoms with E-state index in [1.807, 2.05) is 0 Å². The second kappa shape index (κ2) is 10.00. The Labute approximate surface area is 219 Å². The van der Waals surface area contributed by atoms with E-state index in [0.717, 1.165) is 0 Å². The number of phosphoric ester groups is 1. The molecule has 2 aliphatic rings. The molecule has 2 saturated heterocycles. The van der Waals surface area contributed by atoms with Crippen molar-refractivity contribution in [2.75, 3.05) is 24.7 Å². The van der Waals surface area contributed by atoms with Crippen LogP contribution >= 0.6 is 7.82 Å². The molecule has 0 aliphatic carbocycles. The molecule has 18 nitrogen and oxygen atoms in total. The molecule has 7 atom stereocenters. The Morgan fingerprint density at radius 2 is 1.49 bits per heavy atom. The number of imidazole rings is 2. The van der Waals surface area contributed by atoms with Crippen LogP contribution in [0.15, 0.2) is 25.3 Å². The zero-order chi connectivity index (χ0) is 27.3. The standard InChI is InChI=1S/C20H25N10O8P/c21-17-15-19(25-5-23-17)29(7-27-15)13-1-9(32)12(37-13)4-35-39(33,34)38-10-2-14(36-11(10)3-31)30-8-28-16-18(22)24-6-26-20(16)30/h5-14,31-32H,1-4H2,(H,33,34)(H2,21,23,25)(H2,22,24,26)/t9-,10-,11+,12+,13?,14+/m0/s1. The summed E-state index contributed by atoms with van der Waals surface area (Å²) in [6.07, 6.45) is 0.436. The van der Waals surface area contributed by atoms with Gasteiger partial charge < -0.3 is 36.0 Å². The number of aliphatic hydroxyl groups is 2. The molecule has 0 radical (unpaired) electrons. The van der Waals surface area contributed by atoms with Crippen molar-refractivity contribution in [3.8, 4) is 0 Å². The molecule has 7 N–H and O–H groups in total. The third kappa shape index (κ3) is 4.81. The Balaban J connectivity index is 1.09. The van der Waals surface area contributed by atoms with Gasteiger partial charge in [0.05, 0.1) is 32.0 Å². The van der Waals surface area contributed by atoms with Crippen molar-refractivity contribution in [1.29, 1.82) is 0 Å². The van der Waals surface area contributed by atoms with Crippen LogP contribution in [0.1, 0.15) is 25.3 Å². The predicted octanol–water partition coefficient (Wildman–Crippen LogP) is -0.739. The highest BCUT2D eigenvalue weighted by molar-refractivity contribution is 7.47. The normalized spacial score (nSPS) is 28.9. The van der Waals surface area contributed by atoms with Gasteiger partial charge in [-0.2, -0.15) is 0 Å². The Morgan fingerprint density at radius 3 is 2.08 bits per heavy atom. The Morgan fingerprint density at radius 1 is 0.923 bits per heavy atom. The molecule has 4 aromatic heterocycles. The second-order valence-electron chi connectivity index (χ2n) is 9.05. The quantitative estimate of drug-likeness (QED) is 0.165. The molecule has 0 aromatic carbocycles. The molecular formula is C20H25N10O8P. The molecule has 39 heavy (non-hydrogen) atoms. The van der Waals surface area contributed by atoms with Gasteiger partial charge in [0, 0.05) is 12.8 Å². The van der Waals surface area contributed by atoms with Gasteiger partial charge in [-0.3, -0.25) is 18.2 Å². The summed E-state index contributed by atoms with van der Waals surface area (Å²) in [6, 6.07) is 0. The molecule has 2 fully saturated rings. The van der Waals surface area contributed by atoms with Crippen LogP contribution in [0.4, 0.5) is 11.6 Å². The van der Waals surface area contributed by atoms with Crippen molar-refractivity contribution >= 4 is 41.8 Å². The fourth-order valence-electron chi connectivity index (χ4n) is 4.71. The lowest BCUT2D eigenvalue weighted by molar-refractivity contribution is -0.0554. The summed E-state index contributed by atoms with van der Waals surface area (Å²) < 4.78 is 38.2. The molecule has 6 heterocycles. The number of phosphoric acid groups is 1. The highest BCUT2D eigenvalue weighted by Crippen LogP contribution is 2.49. The maximum Gasteiger partial charge on any atom is 0.472 e. The van der Waals surface area contributed by atoms with E-state index in [2.05, 4.69) is 29.9 Å². The van der Waals surface area contributed by atoms with Crippen molar-refractivity contribution in [2.24, 2.45) is 0 Å². The van der Waals surface area contributed by atoms with Gasteiger partial charge in [-0.15, -0.1) is 0 Å². The van der Waals surface area contributed by atoms with Gasteiger partial charge in [0.2, 0.25) is 0 Å². The van der Waals surface area contributed by atoms with Crippen LogP contribution in [0.5, 0.6) is 0 Å². The Kier molecular flexibility index (Phi) is 6.64. The van der Waals surface area contributed by atoms with Gasteiger partial charge in [0.25, 0.3) is 0 Å². The van der Waals surface area contributed by atoms with Crippen molar-refractivity contribution in [2.45, 2.75) is 49.7 Å². The van der Waals surface area contributed by atoms with Crippen LogP contribution in [-0.2, 0) is 23.1 Å². The van der Waals surface area contributed by atoms with Crippen molar-refractivity contribution in [3.63, 3.8) is 0 Å². The van der Waals surface area contributed by atoms with E-state index in [4.69, 9.17) is 30.0 Å². The first-order valence-corrected chi connectivity index (χ1v) is 13.3. The van der Waals surface area contributed by atoms with E-state index in [0.29, 0.717) is 22.3 Å². The minimum absolute atomic E-state index is 0.0812. The SMILES string of the molecule is Nc1ncnc2c1ncn2C1C[C@H](O)[C@@H](COP(=O)(O)O[C@H]2C[C@H](n3cnc4c(N)ncnc43)O[C@@H]2CO)O1. The van der Waals surface area contributed by atoms with Gasteiger partial charge in [-0.1, -0.05) is 0 Å². The molecule has 4 aromatic rings. The molecule has 2 unspecified atom stereocenters. The van der Waals surface area contributed by atoms with Crippen LogP contribution in [0, 0.1) is 0 Å². The number of aromatic nitrogens is 8. The number of hydrogen-bond acceptors (Lipinski definition) is 15. The molecule has 0 bridgehead atoms. The zero-order valence-electron chi connectivity index (χ0n) is 20.2. The van der Waals surface area contributed by atoms with E-state index in [1.54, 1.807) is 9.13 Å². The molecule has 0 amide bonds. The first kappa shape index (κ1) is 25.9. The lowest BCUT2D eigenvalue weighted by Gasteiger charge is -2.21. The monoisotopic (exact) mass is 564 g/mol. The Hall–Kier alpha value is -3.35. The van der Waals surface area contributed by atoms with Crippen LogP contribution in [0.3, 0.4) is 0 Å². The highest BCUT2D eigenvalue weighted by Gasteiger charge is 2.43. The highest BCUT2D eigenvalue weighted by atomic mass is 31.2. The summed E-state index contributed by atoms with van der Waals surface area (Å²) >= 11 is 0. The molecule has 0 spiro atoms. The molecule has 2 aliphatic heterocycles. The van der Waals surface area contributed by atoms with E-state index in [-0.39, 0.29) is 24.5 Å². The van der Waals surface area contributed by atoms with Crippen LogP contribution in [-0.4, -0.2) is 91.8 Å². The van der Waals surface area contributed by atoms with Crippen LogP contribution in [0.25, 0.3) is 22.3 Å². The molecule has 6 rings (SSSR count). The molecule has 0 saturated carbocycles. The minimum atomic E-state index is -4.66. The van der Waals surface area contributed by atoms with Gasteiger partial charge in [0.1, 0.15) is 54.5 Å². The van der Waals surface area contributed by atoms with Crippen molar-refractivity contribution in [3.05, 3.63) is 25.3 Å². The summed E-state index contributed by atoms with van der Waals surface area (Å²) in [5.41, 5.74) is 13.2. The van der Waals surface area contributed by atoms with Crippen molar-refractivity contribution in [1.82, 2.24) is 39.0 Å². The van der Waals surface area contributed by atoms with E-state index in [9.17, 15) is 19.7 Å². The predicted molar refractivity (Wildman–Crippen MR) is 130 cm³/mol. The molecular weight excluding hydrogens is 539 g/mol. The lowest BCUT2D eigenvalue weighted by Crippen LogP contribution is -2.29. The van der Waals surface area contributed by atoms with Gasteiger partial charge in [-0.05, 0) is 0 Å². The third-order valence-corrected chi connectivity index (χ3v) is 7.64. The molecule has 208 valence electrons. The number of hydrogen-bond donors (Lipinski definition) is 5. The summed E-state index contributed by atoms with van der Waals surface area (Å²) in [4.78, 5) is 34.9. The van der Waals surface area contributed by atoms with Crippen LogP contribution in [0.2, 0.25) is 0 Å². The second-order valence-corrected chi connectivity index (χ2v) is 10.5. The topological polar surface area (TPSA) is 254 Å².